The van der Waals surface area contributed by atoms with Crippen LogP contribution >= 0.6 is 0 Å². The molecule has 3 heteroatoms. The van der Waals surface area contributed by atoms with Gasteiger partial charge in [0.1, 0.15) is 5.82 Å². The fourth-order valence-electron chi connectivity index (χ4n) is 3.59. The quantitative estimate of drug-likeness (QED) is 0.870. The van der Waals surface area contributed by atoms with Crippen LogP contribution in [0.2, 0.25) is 0 Å². The minimum atomic E-state index is -0.0815. The molecule has 0 aromatic heterocycles. The molecule has 0 radical (unpaired) electrons. The monoisotopic (exact) mass is 248 g/mol. The Balaban J connectivity index is 1.69. The van der Waals surface area contributed by atoms with Crippen LogP contribution < -0.4 is 5.73 Å². The van der Waals surface area contributed by atoms with Gasteiger partial charge in [0.05, 0.1) is 0 Å². The fraction of sp³-hybridized carbons (Fsp3) is 0.600. The zero-order chi connectivity index (χ0) is 12.7. The topological polar surface area (TPSA) is 29.3 Å². The van der Waals surface area contributed by atoms with Crippen molar-refractivity contribution in [2.45, 2.75) is 32.4 Å². The van der Waals surface area contributed by atoms with Gasteiger partial charge in [0, 0.05) is 31.2 Å². The maximum atomic E-state index is 13.7. The zero-order valence-electron chi connectivity index (χ0n) is 10.9. The summed E-state index contributed by atoms with van der Waals surface area (Å²) < 4.78 is 13.7. The summed E-state index contributed by atoms with van der Waals surface area (Å²) in [7, 11) is 0. The van der Waals surface area contributed by atoms with E-state index >= 15 is 0 Å². The maximum absolute atomic E-state index is 13.7. The highest BCUT2D eigenvalue weighted by molar-refractivity contribution is 5.24. The largest absolute Gasteiger partial charge is 0.327 e. The molecule has 18 heavy (non-hydrogen) atoms. The van der Waals surface area contributed by atoms with Crippen LogP contribution in [0.3, 0.4) is 0 Å². The van der Waals surface area contributed by atoms with Crippen molar-refractivity contribution in [3.05, 3.63) is 35.1 Å². The van der Waals surface area contributed by atoms with Gasteiger partial charge in [0.25, 0.3) is 0 Å². The van der Waals surface area contributed by atoms with Crippen LogP contribution in [0.1, 0.15) is 24.0 Å². The Kier molecular flexibility index (Phi) is 3.12. The van der Waals surface area contributed by atoms with Crippen molar-refractivity contribution in [2.24, 2.45) is 17.6 Å². The van der Waals surface area contributed by atoms with Gasteiger partial charge in [-0.25, -0.2) is 4.39 Å². The molecule has 2 N–H and O–H groups in total. The second-order valence-electron chi connectivity index (χ2n) is 5.95. The molecular formula is C15H21FN2. The Morgan fingerprint density at radius 1 is 1.33 bits per heavy atom. The van der Waals surface area contributed by atoms with Gasteiger partial charge in [0.2, 0.25) is 0 Å². The van der Waals surface area contributed by atoms with Gasteiger partial charge >= 0.3 is 0 Å². The molecule has 3 atom stereocenters. The van der Waals surface area contributed by atoms with E-state index in [9.17, 15) is 4.39 Å². The van der Waals surface area contributed by atoms with E-state index in [1.165, 1.54) is 12.8 Å². The van der Waals surface area contributed by atoms with E-state index in [1.807, 2.05) is 19.1 Å². The summed E-state index contributed by atoms with van der Waals surface area (Å²) in [4.78, 5) is 2.37. The van der Waals surface area contributed by atoms with Crippen LogP contribution in [-0.4, -0.2) is 24.0 Å². The first-order chi connectivity index (χ1) is 8.63. The number of rotatable bonds is 2. The SMILES string of the molecule is Cc1ccc(F)c(CN2CC3CCC(N)C3C2)c1. The second kappa shape index (κ2) is 4.63. The number of fused-ring (bicyclic) bond motifs is 1. The molecule has 1 aromatic rings. The molecule has 98 valence electrons. The number of benzene rings is 1. The molecule has 1 aliphatic heterocycles. The van der Waals surface area contributed by atoms with Crippen LogP contribution in [0.25, 0.3) is 0 Å². The number of nitrogens with two attached hydrogens (primary N) is 1. The van der Waals surface area contributed by atoms with Crippen LogP contribution in [-0.2, 0) is 6.54 Å². The van der Waals surface area contributed by atoms with Gasteiger partial charge in [-0.05, 0) is 37.7 Å². The minimum absolute atomic E-state index is 0.0815. The van der Waals surface area contributed by atoms with E-state index in [0.717, 1.165) is 36.7 Å². The third-order valence-corrected chi connectivity index (χ3v) is 4.58. The summed E-state index contributed by atoms with van der Waals surface area (Å²) >= 11 is 0. The number of likely N-dealkylation sites (tertiary alicyclic amines) is 1. The highest BCUT2D eigenvalue weighted by Gasteiger charge is 2.40. The lowest BCUT2D eigenvalue weighted by molar-refractivity contribution is 0.293. The van der Waals surface area contributed by atoms with Crippen molar-refractivity contribution in [3.8, 4) is 0 Å². The molecule has 2 nitrogen and oxygen atoms in total. The molecule has 0 spiro atoms. The van der Waals surface area contributed by atoms with Gasteiger partial charge < -0.3 is 5.73 Å². The first-order valence-electron chi connectivity index (χ1n) is 6.86. The number of hydrogen-bond donors (Lipinski definition) is 1. The number of halogens is 1. The number of nitrogens with zero attached hydrogens (tertiary/aromatic N) is 1. The molecular weight excluding hydrogens is 227 g/mol. The third kappa shape index (κ3) is 2.17. The number of aryl methyl sites for hydroxylation is 1. The summed E-state index contributed by atoms with van der Waals surface area (Å²) in [5, 5.41) is 0. The molecule has 2 aliphatic rings. The predicted octanol–water partition coefficient (Wildman–Crippen LogP) is 2.30. The lowest BCUT2D eigenvalue weighted by atomic mass is 9.98. The summed E-state index contributed by atoms with van der Waals surface area (Å²) in [6.45, 7) is 4.87. The summed E-state index contributed by atoms with van der Waals surface area (Å²) in [5.74, 6) is 1.30. The molecule has 3 rings (SSSR count). The standard InChI is InChI=1S/C15H21FN2/c1-10-2-4-14(16)12(6-10)8-18-7-11-3-5-15(17)13(11)9-18/h2,4,6,11,13,15H,3,5,7-9,17H2,1H3. The summed E-state index contributed by atoms with van der Waals surface area (Å²) in [5.41, 5.74) is 8.08. The lowest BCUT2D eigenvalue weighted by Crippen LogP contribution is -2.30. The summed E-state index contributed by atoms with van der Waals surface area (Å²) in [6.07, 6.45) is 2.42. The van der Waals surface area contributed by atoms with Crippen molar-refractivity contribution in [3.63, 3.8) is 0 Å². The van der Waals surface area contributed by atoms with Crippen LogP contribution in [0.4, 0.5) is 4.39 Å². The Morgan fingerprint density at radius 2 is 2.17 bits per heavy atom. The molecule has 1 heterocycles. The average molecular weight is 248 g/mol. The summed E-state index contributed by atoms with van der Waals surface area (Å²) in [6, 6.07) is 5.73. The van der Waals surface area contributed by atoms with Crippen LogP contribution in [0, 0.1) is 24.6 Å². The van der Waals surface area contributed by atoms with E-state index in [-0.39, 0.29) is 5.82 Å². The van der Waals surface area contributed by atoms with Gasteiger partial charge in [0.15, 0.2) is 0 Å². The van der Waals surface area contributed by atoms with Crippen molar-refractivity contribution >= 4 is 0 Å². The molecule has 1 aliphatic carbocycles. The molecule has 1 saturated carbocycles. The molecule has 2 fully saturated rings. The van der Waals surface area contributed by atoms with Crippen molar-refractivity contribution in [1.29, 1.82) is 0 Å². The molecule has 0 bridgehead atoms. The Labute approximate surface area is 108 Å². The van der Waals surface area contributed by atoms with Crippen molar-refractivity contribution in [1.82, 2.24) is 4.90 Å². The van der Waals surface area contributed by atoms with Crippen molar-refractivity contribution in [2.75, 3.05) is 13.1 Å². The van der Waals surface area contributed by atoms with Gasteiger partial charge in [-0.1, -0.05) is 17.7 Å². The van der Waals surface area contributed by atoms with Gasteiger partial charge in [-0.15, -0.1) is 0 Å². The highest BCUT2D eigenvalue weighted by Crippen LogP contribution is 2.37. The van der Waals surface area contributed by atoms with Crippen LogP contribution in [0.15, 0.2) is 18.2 Å². The third-order valence-electron chi connectivity index (χ3n) is 4.58. The highest BCUT2D eigenvalue weighted by atomic mass is 19.1. The predicted molar refractivity (Wildman–Crippen MR) is 70.6 cm³/mol. The van der Waals surface area contributed by atoms with E-state index in [1.54, 1.807) is 6.07 Å². The van der Waals surface area contributed by atoms with Gasteiger partial charge in [-0.3, -0.25) is 4.90 Å². The Bertz CT molecular complexity index is 446. The van der Waals surface area contributed by atoms with Gasteiger partial charge in [-0.2, -0.15) is 0 Å². The smallest absolute Gasteiger partial charge is 0.127 e. The minimum Gasteiger partial charge on any atom is -0.327 e. The van der Waals surface area contributed by atoms with E-state index < -0.39 is 0 Å². The van der Waals surface area contributed by atoms with E-state index in [4.69, 9.17) is 5.73 Å². The van der Waals surface area contributed by atoms with Crippen molar-refractivity contribution < 1.29 is 4.39 Å². The first kappa shape index (κ1) is 12.1. The second-order valence-corrected chi connectivity index (χ2v) is 5.95. The molecule has 1 aromatic carbocycles. The number of hydrogen-bond acceptors (Lipinski definition) is 2. The Morgan fingerprint density at radius 3 is 2.94 bits per heavy atom. The molecule has 1 saturated heterocycles. The normalized spacial score (nSPS) is 31.8. The van der Waals surface area contributed by atoms with Crippen LogP contribution in [0.5, 0.6) is 0 Å². The first-order valence-corrected chi connectivity index (χ1v) is 6.86. The average Bonchev–Trinajstić information content (AvgIpc) is 2.87. The fourth-order valence-corrected chi connectivity index (χ4v) is 3.59. The Hall–Kier alpha value is -0.930. The van der Waals surface area contributed by atoms with E-state index in [2.05, 4.69) is 4.90 Å². The molecule has 0 amide bonds. The zero-order valence-corrected chi connectivity index (χ0v) is 10.9. The lowest BCUT2D eigenvalue weighted by Gasteiger charge is -2.19. The van der Waals surface area contributed by atoms with E-state index in [0.29, 0.717) is 12.0 Å². The maximum Gasteiger partial charge on any atom is 0.127 e. The molecule has 3 unspecified atom stereocenters.